The maximum absolute atomic E-state index is 9.25. The van der Waals surface area contributed by atoms with Crippen molar-refractivity contribution >= 4 is 23.3 Å². The fourth-order valence-corrected chi connectivity index (χ4v) is 0. The topological polar surface area (TPSA) is 37.3 Å². The van der Waals surface area contributed by atoms with Gasteiger partial charge in [-0.2, -0.15) is 0 Å². The molecule has 0 amide bonds. The van der Waals surface area contributed by atoms with Crippen LogP contribution in [0.3, 0.4) is 0 Å². The molecule has 0 saturated carbocycles. The first-order valence-corrected chi connectivity index (χ1v) is 1.12. The van der Waals surface area contributed by atoms with Crippen molar-refractivity contribution in [2.45, 2.75) is 0 Å². The number of rotatable bonds is 1. The summed E-state index contributed by atoms with van der Waals surface area (Å²) in [4.78, 5) is 9.25. The standard InChI is InChI=1S/C3H4O2.Al.2Zn.3H/c1-2-3(4)5;;;;;;/h2H,1H2,(H,4,5);;;;;;. The van der Waals surface area contributed by atoms with Crippen LogP contribution in [0.15, 0.2) is 12.7 Å². The molecule has 0 bridgehead atoms. The quantitative estimate of drug-likeness (QED) is 0.469. The Morgan fingerprint density at radius 3 is 1.62 bits per heavy atom. The van der Waals surface area contributed by atoms with Crippen molar-refractivity contribution in [2.24, 2.45) is 0 Å². The van der Waals surface area contributed by atoms with Gasteiger partial charge < -0.3 is 5.11 Å². The molecule has 0 saturated heterocycles. The first-order chi connectivity index (χ1) is 2.27. The summed E-state index contributed by atoms with van der Waals surface area (Å²) < 4.78 is 0. The van der Waals surface area contributed by atoms with Crippen LogP contribution in [-0.4, -0.2) is 28.4 Å². The predicted molar refractivity (Wildman–Crippen MR) is 27.8 cm³/mol. The molecule has 8 heavy (non-hydrogen) atoms. The van der Waals surface area contributed by atoms with Gasteiger partial charge in [0, 0.05) is 45.0 Å². The molecule has 0 aromatic heterocycles. The van der Waals surface area contributed by atoms with Crippen LogP contribution in [-0.2, 0) is 43.8 Å². The van der Waals surface area contributed by atoms with Crippen molar-refractivity contribution in [2.75, 3.05) is 0 Å². The second kappa shape index (κ2) is 15.7. The molecule has 0 heterocycles. The van der Waals surface area contributed by atoms with Crippen LogP contribution in [0.2, 0.25) is 0 Å². The van der Waals surface area contributed by atoms with Crippen LogP contribution in [0.1, 0.15) is 0 Å². The summed E-state index contributed by atoms with van der Waals surface area (Å²) in [6.07, 6.45) is 0.833. The third-order valence-corrected chi connectivity index (χ3v) is 0.175. The van der Waals surface area contributed by atoms with Crippen LogP contribution in [0, 0.1) is 0 Å². The molecule has 0 unspecified atom stereocenters. The van der Waals surface area contributed by atoms with E-state index in [1.807, 2.05) is 0 Å². The minimum atomic E-state index is -0.981. The Labute approximate surface area is 84.4 Å². The maximum Gasteiger partial charge on any atom is 0.327 e. The Morgan fingerprint density at radius 2 is 1.62 bits per heavy atom. The molecule has 38 valence electrons. The Kier molecular flexibility index (Phi) is 45.2. The maximum atomic E-state index is 9.25. The molecular weight excluding hydrogens is 226 g/mol. The first-order valence-electron chi connectivity index (χ1n) is 1.12. The molecule has 0 aromatic carbocycles. The van der Waals surface area contributed by atoms with Crippen LogP contribution in [0.25, 0.3) is 0 Å². The van der Waals surface area contributed by atoms with Crippen molar-refractivity contribution in [1.29, 1.82) is 0 Å². The van der Waals surface area contributed by atoms with Gasteiger partial charge in [0.05, 0.1) is 0 Å². The minimum Gasteiger partial charge on any atom is -0.478 e. The van der Waals surface area contributed by atoms with Crippen molar-refractivity contribution in [3.8, 4) is 0 Å². The van der Waals surface area contributed by atoms with E-state index in [9.17, 15) is 4.79 Å². The van der Waals surface area contributed by atoms with Crippen LogP contribution in [0.4, 0.5) is 0 Å². The molecule has 0 fully saturated rings. The smallest absolute Gasteiger partial charge is 0.327 e. The van der Waals surface area contributed by atoms with E-state index in [0.717, 1.165) is 6.08 Å². The van der Waals surface area contributed by atoms with Crippen LogP contribution in [0.5, 0.6) is 0 Å². The van der Waals surface area contributed by atoms with Crippen molar-refractivity contribution in [3.05, 3.63) is 12.7 Å². The van der Waals surface area contributed by atoms with E-state index >= 15 is 0 Å². The van der Waals surface area contributed by atoms with Crippen molar-refractivity contribution < 1.29 is 48.9 Å². The van der Waals surface area contributed by atoms with Gasteiger partial charge in [-0.3, -0.25) is 0 Å². The monoisotopic (exact) mass is 230 g/mol. The van der Waals surface area contributed by atoms with E-state index in [2.05, 4.69) is 6.58 Å². The molecule has 0 rings (SSSR count). The summed E-state index contributed by atoms with van der Waals surface area (Å²) in [5.41, 5.74) is 0. The van der Waals surface area contributed by atoms with Gasteiger partial charge >= 0.3 is 5.97 Å². The molecule has 1 N–H and O–H groups in total. The molecule has 0 aliphatic heterocycles. The van der Waals surface area contributed by atoms with E-state index < -0.39 is 5.97 Å². The largest absolute Gasteiger partial charge is 0.478 e. The third-order valence-electron chi connectivity index (χ3n) is 0.175. The van der Waals surface area contributed by atoms with E-state index in [0.29, 0.717) is 0 Å². The van der Waals surface area contributed by atoms with E-state index in [1.165, 1.54) is 0 Å². The van der Waals surface area contributed by atoms with Crippen LogP contribution < -0.4 is 0 Å². The van der Waals surface area contributed by atoms with Gasteiger partial charge in [-0.1, -0.05) is 6.58 Å². The van der Waals surface area contributed by atoms with Crippen LogP contribution >= 0.6 is 0 Å². The van der Waals surface area contributed by atoms with Gasteiger partial charge in [-0.25, -0.2) is 4.79 Å². The van der Waals surface area contributed by atoms with Crippen molar-refractivity contribution in [1.82, 2.24) is 0 Å². The molecule has 5 heteroatoms. The average molecular weight is 233 g/mol. The average Bonchev–Trinajstić information content (AvgIpc) is 1.38. The number of aliphatic carboxylic acids is 1. The molecule has 0 atom stereocenters. The number of carboxylic acid groups (broad SMARTS) is 1. The van der Waals surface area contributed by atoms with E-state index in [4.69, 9.17) is 5.11 Å². The number of hydrogen-bond donors (Lipinski definition) is 1. The van der Waals surface area contributed by atoms with E-state index in [1.54, 1.807) is 0 Å². The zero-order valence-corrected chi connectivity index (χ0v) is 9.99. The second-order valence-corrected chi connectivity index (χ2v) is 0.542. The normalized spacial score (nSPS) is 4.00. The van der Waals surface area contributed by atoms with Gasteiger partial charge in [0.1, 0.15) is 0 Å². The van der Waals surface area contributed by atoms with E-state index in [-0.39, 0.29) is 56.3 Å². The predicted octanol–water partition coefficient (Wildman–Crippen LogP) is -0.932. The summed E-state index contributed by atoms with van der Waals surface area (Å²) in [5.74, 6) is -0.981. The van der Waals surface area contributed by atoms with Gasteiger partial charge in [-0.15, -0.1) is 0 Å². The minimum absolute atomic E-state index is 0. The fraction of sp³-hybridized carbons (Fsp3) is 0. The number of carbonyl (C=O) groups is 1. The molecular formula is C3H7AlO2Zn2. The van der Waals surface area contributed by atoms with Gasteiger partial charge in [0.25, 0.3) is 0 Å². The summed E-state index contributed by atoms with van der Waals surface area (Å²) in [5, 5.41) is 7.60. The zero-order valence-electron chi connectivity index (χ0n) is 4.05. The Bertz CT molecular complexity index is 66.3. The molecule has 0 aliphatic rings. The Balaban J connectivity index is -0.0000000267. The molecule has 0 spiro atoms. The van der Waals surface area contributed by atoms with Gasteiger partial charge in [0.2, 0.25) is 0 Å². The summed E-state index contributed by atoms with van der Waals surface area (Å²) in [6, 6.07) is 0. The first kappa shape index (κ1) is 23.0. The number of hydrogen-bond acceptors (Lipinski definition) is 1. The van der Waals surface area contributed by atoms with Gasteiger partial charge in [-0.05, 0) is 0 Å². The third kappa shape index (κ3) is 28.1. The summed E-state index contributed by atoms with van der Waals surface area (Å²) >= 11 is 0. The zero-order chi connectivity index (χ0) is 4.28. The number of carboxylic acids is 1. The summed E-state index contributed by atoms with van der Waals surface area (Å²) in [7, 11) is 0. The molecule has 2 nitrogen and oxygen atoms in total. The Hall–Kier alpha value is 0.989. The molecule has 0 aromatic rings. The summed E-state index contributed by atoms with van der Waals surface area (Å²) in [6.45, 7) is 2.96. The fourth-order valence-electron chi connectivity index (χ4n) is 0. The molecule has 0 radical (unpaired) electrons. The SMILES string of the molecule is C=CC(=O)O.[AlH3].[Zn].[Zn]. The Morgan fingerprint density at radius 1 is 1.50 bits per heavy atom. The second-order valence-electron chi connectivity index (χ2n) is 0.542. The van der Waals surface area contributed by atoms with Crippen molar-refractivity contribution in [3.63, 3.8) is 0 Å². The van der Waals surface area contributed by atoms with Gasteiger partial charge in [0.15, 0.2) is 17.4 Å². The molecule has 0 aliphatic carbocycles.